The number of nitrogens with two attached hydrogens (primary N) is 1. The van der Waals surface area contributed by atoms with Gasteiger partial charge in [0.2, 0.25) is 0 Å². The van der Waals surface area contributed by atoms with E-state index >= 15 is 0 Å². The predicted octanol–water partition coefficient (Wildman–Crippen LogP) is 3.75. The number of anilines is 1. The Hall–Kier alpha value is -2.33. The van der Waals surface area contributed by atoms with Gasteiger partial charge in [-0.25, -0.2) is 4.99 Å². The lowest BCUT2D eigenvalue weighted by atomic mass is 10.1. The van der Waals surface area contributed by atoms with Crippen LogP contribution in [0.25, 0.3) is 0 Å². The summed E-state index contributed by atoms with van der Waals surface area (Å²) in [5.74, 6) is 0.584. The van der Waals surface area contributed by atoms with E-state index < -0.39 is 0 Å². The smallest absolute Gasteiger partial charge is 0.115 e. The van der Waals surface area contributed by atoms with E-state index in [0.717, 1.165) is 22.6 Å². The quantitative estimate of drug-likeness (QED) is 0.382. The van der Waals surface area contributed by atoms with Gasteiger partial charge in [-0.15, -0.1) is 11.6 Å². The van der Waals surface area contributed by atoms with Crippen LogP contribution in [-0.2, 0) is 0 Å². The number of para-hydroxylation sites is 2. The van der Waals surface area contributed by atoms with Gasteiger partial charge in [-0.2, -0.15) is 5.10 Å². The summed E-state index contributed by atoms with van der Waals surface area (Å²) < 4.78 is 0. The number of benzene rings is 2. The zero-order chi connectivity index (χ0) is 15.1. The average molecular weight is 301 g/mol. The van der Waals surface area contributed by atoms with Crippen LogP contribution >= 0.6 is 11.6 Å². The van der Waals surface area contributed by atoms with Gasteiger partial charge in [0.05, 0.1) is 23.0 Å². The molecule has 0 aliphatic rings. The Morgan fingerprint density at radius 1 is 1.10 bits per heavy atom. The molecule has 0 aliphatic carbocycles. The van der Waals surface area contributed by atoms with Gasteiger partial charge >= 0.3 is 0 Å². The Bertz CT molecular complexity index is 650. The van der Waals surface area contributed by atoms with Crippen molar-refractivity contribution in [3.63, 3.8) is 0 Å². The number of nitrogens with zero attached hydrogens (tertiary/aromatic N) is 2. The SMILES string of the molecule is CC(=NNc1ccccc1)c1ccccc1N=C(N)CCl. The molecule has 2 rings (SSSR count). The van der Waals surface area contributed by atoms with Gasteiger partial charge < -0.3 is 5.73 Å². The molecule has 2 aromatic carbocycles. The first-order valence-electron chi connectivity index (χ1n) is 6.54. The first-order chi connectivity index (χ1) is 10.2. The van der Waals surface area contributed by atoms with Crippen LogP contribution in [-0.4, -0.2) is 17.4 Å². The highest BCUT2D eigenvalue weighted by molar-refractivity contribution is 6.28. The summed E-state index contributed by atoms with van der Waals surface area (Å²) in [7, 11) is 0. The van der Waals surface area contributed by atoms with Crippen LogP contribution in [0.15, 0.2) is 64.7 Å². The Morgan fingerprint density at radius 3 is 2.48 bits per heavy atom. The molecule has 0 saturated heterocycles. The number of hydrogen-bond donors (Lipinski definition) is 2. The van der Waals surface area contributed by atoms with E-state index in [0.29, 0.717) is 5.84 Å². The first kappa shape index (κ1) is 15.1. The summed E-state index contributed by atoms with van der Waals surface area (Å²) in [6, 6.07) is 17.4. The molecular formula is C16H17ClN4. The Labute approximate surface area is 129 Å². The molecular weight excluding hydrogens is 284 g/mol. The minimum atomic E-state index is 0.201. The van der Waals surface area contributed by atoms with Gasteiger partial charge in [-0.05, 0) is 25.1 Å². The topological polar surface area (TPSA) is 62.8 Å². The second kappa shape index (κ2) is 7.45. The van der Waals surface area contributed by atoms with E-state index in [1.54, 1.807) is 0 Å². The largest absolute Gasteiger partial charge is 0.386 e. The molecule has 0 aromatic heterocycles. The average Bonchev–Trinajstić information content (AvgIpc) is 2.54. The van der Waals surface area contributed by atoms with Crippen LogP contribution in [0.2, 0.25) is 0 Å². The molecule has 0 bridgehead atoms. The molecule has 21 heavy (non-hydrogen) atoms. The highest BCUT2D eigenvalue weighted by atomic mass is 35.5. The van der Waals surface area contributed by atoms with Crippen molar-refractivity contribution in [1.29, 1.82) is 0 Å². The maximum absolute atomic E-state index is 5.70. The van der Waals surface area contributed by atoms with E-state index in [2.05, 4.69) is 15.5 Å². The van der Waals surface area contributed by atoms with E-state index in [1.165, 1.54) is 0 Å². The third-order valence-electron chi connectivity index (χ3n) is 2.82. The lowest BCUT2D eigenvalue weighted by molar-refractivity contribution is 1.31. The Balaban J connectivity index is 2.25. The fourth-order valence-corrected chi connectivity index (χ4v) is 1.84. The van der Waals surface area contributed by atoms with Crippen LogP contribution in [0.5, 0.6) is 0 Å². The van der Waals surface area contributed by atoms with Gasteiger partial charge in [-0.1, -0.05) is 36.4 Å². The van der Waals surface area contributed by atoms with Crippen molar-refractivity contribution < 1.29 is 0 Å². The lowest BCUT2D eigenvalue weighted by Crippen LogP contribution is -2.12. The minimum absolute atomic E-state index is 0.201. The molecule has 5 heteroatoms. The van der Waals surface area contributed by atoms with E-state index in [-0.39, 0.29) is 5.88 Å². The van der Waals surface area contributed by atoms with Crippen LogP contribution in [0.3, 0.4) is 0 Å². The number of hydrogen-bond acceptors (Lipinski definition) is 3. The van der Waals surface area contributed by atoms with Crippen LogP contribution in [0.1, 0.15) is 12.5 Å². The van der Waals surface area contributed by atoms with Gasteiger partial charge in [-0.3, -0.25) is 5.43 Å². The first-order valence-corrected chi connectivity index (χ1v) is 7.08. The summed E-state index contributed by atoms with van der Waals surface area (Å²) in [5, 5.41) is 4.38. The minimum Gasteiger partial charge on any atom is -0.386 e. The third kappa shape index (κ3) is 4.33. The predicted molar refractivity (Wildman–Crippen MR) is 90.7 cm³/mol. The number of aliphatic imine (C=N–C) groups is 1. The highest BCUT2D eigenvalue weighted by Crippen LogP contribution is 2.20. The molecule has 0 atom stereocenters. The molecule has 0 radical (unpaired) electrons. The number of hydrazone groups is 1. The summed E-state index contributed by atoms with van der Waals surface area (Å²) in [6.45, 7) is 1.92. The van der Waals surface area contributed by atoms with Crippen molar-refractivity contribution in [1.82, 2.24) is 0 Å². The monoisotopic (exact) mass is 300 g/mol. The molecule has 0 amide bonds. The number of alkyl halides is 1. The van der Waals surface area contributed by atoms with Crippen molar-refractivity contribution in [2.24, 2.45) is 15.8 Å². The van der Waals surface area contributed by atoms with Crippen LogP contribution in [0.4, 0.5) is 11.4 Å². The summed E-state index contributed by atoms with van der Waals surface area (Å²) in [4.78, 5) is 4.31. The van der Waals surface area contributed by atoms with Crippen molar-refractivity contribution >= 4 is 34.5 Å². The number of nitrogens with one attached hydrogen (secondary N) is 1. The maximum Gasteiger partial charge on any atom is 0.115 e. The van der Waals surface area contributed by atoms with E-state index in [4.69, 9.17) is 17.3 Å². The van der Waals surface area contributed by atoms with Crippen molar-refractivity contribution in [2.75, 3.05) is 11.3 Å². The summed E-state index contributed by atoms with van der Waals surface area (Å²) >= 11 is 5.68. The molecule has 0 saturated carbocycles. The highest BCUT2D eigenvalue weighted by Gasteiger charge is 2.04. The van der Waals surface area contributed by atoms with Gasteiger partial charge in [0.1, 0.15) is 5.84 Å². The molecule has 108 valence electrons. The molecule has 0 aliphatic heterocycles. The second-order valence-corrected chi connectivity index (χ2v) is 4.70. The second-order valence-electron chi connectivity index (χ2n) is 4.43. The normalized spacial score (nSPS) is 12.3. The Morgan fingerprint density at radius 2 is 1.76 bits per heavy atom. The molecule has 0 heterocycles. The molecule has 0 fully saturated rings. The molecule has 4 nitrogen and oxygen atoms in total. The maximum atomic E-state index is 5.70. The fraction of sp³-hybridized carbons (Fsp3) is 0.125. The third-order valence-corrected chi connectivity index (χ3v) is 3.10. The molecule has 2 aromatic rings. The molecule has 3 N–H and O–H groups in total. The van der Waals surface area contributed by atoms with Crippen molar-refractivity contribution in [3.8, 4) is 0 Å². The molecule has 0 unspecified atom stereocenters. The van der Waals surface area contributed by atoms with Crippen LogP contribution < -0.4 is 11.2 Å². The summed E-state index contributed by atoms with van der Waals surface area (Å²) in [6.07, 6.45) is 0. The number of rotatable bonds is 5. The summed E-state index contributed by atoms with van der Waals surface area (Å²) in [5.41, 5.74) is 12.1. The van der Waals surface area contributed by atoms with Gasteiger partial charge in [0.15, 0.2) is 0 Å². The number of amidine groups is 1. The van der Waals surface area contributed by atoms with E-state index in [9.17, 15) is 0 Å². The van der Waals surface area contributed by atoms with Gasteiger partial charge in [0.25, 0.3) is 0 Å². The van der Waals surface area contributed by atoms with Crippen molar-refractivity contribution in [3.05, 3.63) is 60.2 Å². The zero-order valence-electron chi connectivity index (χ0n) is 11.8. The van der Waals surface area contributed by atoms with Crippen molar-refractivity contribution in [2.45, 2.75) is 6.92 Å². The fourth-order valence-electron chi connectivity index (χ4n) is 1.78. The standard InChI is InChI=1S/C16H17ClN4/c1-12(20-21-13-7-3-2-4-8-13)14-9-5-6-10-15(14)19-16(18)11-17/h2-10,21H,11H2,1H3,(H2,18,19). The zero-order valence-corrected chi connectivity index (χ0v) is 12.5. The van der Waals surface area contributed by atoms with Gasteiger partial charge in [0, 0.05) is 5.56 Å². The lowest BCUT2D eigenvalue weighted by Gasteiger charge is -2.07. The molecule has 0 spiro atoms. The number of halogens is 1. The Kier molecular flexibility index (Phi) is 5.35. The van der Waals surface area contributed by atoms with E-state index in [1.807, 2.05) is 61.5 Å². The van der Waals surface area contributed by atoms with Crippen LogP contribution in [0, 0.1) is 0 Å².